The second kappa shape index (κ2) is 14.0. The molecule has 0 radical (unpaired) electrons. The van der Waals surface area contributed by atoms with E-state index in [-0.39, 0.29) is 24.9 Å². The molecule has 3 aliphatic rings. The van der Waals surface area contributed by atoms with Crippen molar-refractivity contribution in [2.24, 2.45) is 5.92 Å². The molecule has 15 heteroatoms. The van der Waals surface area contributed by atoms with Gasteiger partial charge in [0.15, 0.2) is 11.6 Å². The molecule has 1 aromatic carbocycles. The Bertz CT molecular complexity index is 1770. The van der Waals surface area contributed by atoms with Crippen molar-refractivity contribution in [2.45, 2.75) is 109 Å². The van der Waals surface area contributed by atoms with E-state index in [1.807, 2.05) is 26.0 Å². The standard InChI is InChI=1S/C34H45N6O8P/c1-6-22(7-2)17-43-32(41)21(3)39-49(42,48-26-14-10-12-23-11-8-9-13-24(23)26)44-18-27-29-30(47-33(4,5)46-29)34(19-35,45-27)28-16-15-25-31(36)37-20-38-40(25)28/h10,12,14-16,20-22,27,29-30H,6-9,11,13,17-18H2,1-5H3,(H,39,42)(H2,36,37,38)/t21-,27+,29+,30+,34-,49?/m0/s1. The van der Waals surface area contributed by atoms with Crippen molar-refractivity contribution in [3.05, 3.63) is 53.5 Å². The van der Waals surface area contributed by atoms with Gasteiger partial charge in [-0.25, -0.2) is 14.1 Å². The van der Waals surface area contributed by atoms with Crippen LogP contribution in [0.4, 0.5) is 5.82 Å². The van der Waals surface area contributed by atoms with E-state index in [0.717, 1.165) is 49.7 Å². The summed E-state index contributed by atoms with van der Waals surface area (Å²) in [6, 6.07) is 10.3. The Morgan fingerprint density at radius 2 is 1.96 bits per heavy atom. The van der Waals surface area contributed by atoms with Gasteiger partial charge in [-0.15, -0.1) is 0 Å². The van der Waals surface area contributed by atoms with Gasteiger partial charge in [0.25, 0.3) is 0 Å². The Balaban J connectivity index is 1.29. The molecule has 2 aliphatic heterocycles. The van der Waals surface area contributed by atoms with Crippen LogP contribution in [0.2, 0.25) is 0 Å². The Morgan fingerprint density at radius 3 is 2.71 bits per heavy atom. The maximum absolute atomic E-state index is 14.7. The highest BCUT2D eigenvalue weighted by atomic mass is 31.2. The molecule has 6 atom stereocenters. The minimum Gasteiger partial charge on any atom is -0.464 e. The van der Waals surface area contributed by atoms with Crippen molar-refractivity contribution < 1.29 is 37.4 Å². The number of rotatable bonds is 13. The molecule has 0 bridgehead atoms. The van der Waals surface area contributed by atoms with Crippen molar-refractivity contribution in [2.75, 3.05) is 18.9 Å². The van der Waals surface area contributed by atoms with Crippen molar-refractivity contribution in [3.63, 3.8) is 0 Å². The monoisotopic (exact) mass is 696 g/mol. The van der Waals surface area contributed by atoms with E-state index in [2.05, 4.69) is 21.2 Å². The van der Waals surface area contributed by atoms with E-state index in [1.54, 1.807) is 39.0 Å². The van der Waals surface area contributed by atoms with Gasteiger partial charge in [0.1, 0.15) is 48.0 Å². The van der Waals surface area contributed by atoms with Crippen LogP contribution in [0.3, 0.4) is 0 Å². The number of hydrogen-bond acceptors (Lipinski definition) is 12. The van der Waals surface area contributed by atoms with E-state index >= 15 is 0 Å². The van der Waals surface area contributed by atoms with E-state index in [0.29, 0.717) is 17.0 Å². The summed E-state index contributed by atoms with van der Waals surface area (Å²) in [6.45, 7) is 9.04. The second-order valence-corrected chi connectivity index (χ2v) is 15.0. The molecule has 49 heavy (non-hydrogen) atoms. The normalized spacial score (nSPS) is 26.1. The molecule has 264 valence electrons. The van der Waals surface area contributed by atoms with Crippen LogP contribution in [-0.2, 0) is 51.3 Å². The third-order valence-corrected chi connectivity index (χ3v) is 11.2. The lowest BCUT2D eigenvalue weighted by molar-refractivity contribution is -0.204. The quantitative estimate of drug-likeness (QED) is 0.180. The first kappa shape index (κ1) is 35.3. The third-order valence-electron chi connectivity index (χ3n) is 9.56. The van der Waals surface area contributed by atoms with Crippen LogP contribution in [-0.4, -0.2) is 63.9 Å². The summed E-state index contributed by atoms with van der Waals surface area (Å²) in [7, 11) is -4.29. The SMILES string of the molecule is CCC(CC)COC(=O)[C@H](C)NP(=O)(OC[C@H]1O[C@@](C#N)(c2ccc3c(N)ncnn23)[C@@H]2OC(C)(C)O[C@@H]21)Oc1cccc2c1CCCC2. The molecule has 0 spiro atoms. The van der Waals surface area contributed by atoms with Gasteiger partial charge < -0.3 is 29.2 Å². The van der Waals surface area contributed by atoms with Gasteiger partial charge in [-0.3, -0.25) is 9.32 Å². The van der Waals surface area contributed by atoms with Gasteiger partial charge in [0.2, 0.25) is 5.60 Å². The molecule has 2 aromatic heterocycles. The molecule has 2 fully saturated rings. The first-order chi connectivity index (χ1) is 23.4. The number of benzene rings is 1. The number of carbonyl (C=O) groups excluding carboxylic acids is 1. The first-order valence-electron chi connectivity index (χ1n) is 16.9. The average molecular weight is 697 g/mol. The van der Waals surface area contributed by atoms with Crippen LogP contribution < -0.4 is 15.3 Å². The van der Waals surface area contributed by atoms with Crippen molar-refractivity contribution >= 4 is 25.1 Å². The molecule has 0 amide bonds. The lowest BCUT2D eigenvalue weighted by Gasteiger charge is -2.30. The number of anilines is 1. The summed E-state index contributed by atoms with van der Waals surface area (Å²) < 4.78 is 53.1. The molecule has 4 heterocycles. The summed E-state index contributed by atoms with van der Waals surface area (Å²) in [5.74, 6) is -0.786. The van der Waals surface area contributed by atoms with Crippen LogP contribution in [0.25, 0.3) is 5.52 Å². The number of carbonyl (C=O) groups is 1. The molecular weight excluding hydrogens is 651 g/mol. The molecule has 2 saturated heterocycles. The Kier molecular flexibility index (Phi) is 10.1. The number of hydrogen-bond donors (Lipinski definition) is 2. The zero-order chi connectivity index (χ0) is 35.0. The Labute approximate surface area is 286 Å². The zero-order valence-corrected chi connectivity index (χ0v) is 29.5. The van der Waals surface area contributed by atoms with Gasteiger partial charge in [-0.2, -0.15) is 15.4 Å². The molecule has 1 unspecified atom stereocenters. The second-order valence-electron chi connectivity index (χ2n) is 13.3. The fourth-order valence-corrected chi connectivity index (χ4v) is 8.36. The summed E-state index contributed by atoms with van der Waals surface area (Å²) in [4.78, 5) is 17.1. The highest BCUT2D eigenvalue weighted by Crippen LogP contribution is 2.52. The molecule has 0 saturated carbocycles. The molecule has 6 rings (SSSR count). The predicted octanol–water partition coefficient (Wildman–Crippen LogP) is 4.99. The molecule has 14 nitrogen and oxygen atoms in total. The Hall–Kier alpha value is -3.57. The van der Waals surface area contributed by atoms with Crippen LogP contribution in [0.5, 0.6) is 5.75 Å². The fraction of sp³-hybridized carbons (Fsp3) is 0.588. The number of nitriles is 1. The minimum absolute atomic E-state index is 0.220. The van der Waals surface area contributed by atoms with Crippen LogP contribution in [0.1, 0.15) is 77.1 Å². The number of nitrogens with zero attached hydrogens (tertiary/aromatic N) is 4. The topological polar surface area (TPSA) is 182 Å². The summed E-state index contributed by atoms with van der Waals surface area (Å²) in [6.07, 6.45) is 4.03. The summed E-state index contributed by atoms with van der Waals surface area (Å²) in [5.41, 5.74) is 7.31. The van der Waals surface area contributed by atoms with Gasteiger partial charge in [0, 0.05) is 0 Å². The van der Waals surface area contributed by atoms with Crippen LogP contribution in [0.15, 0.2) is 36.7 Å². The smallest absolute Gasteiger partial charge is 0.459 e. The largest absolute Gasteiger partial charge is 0.464 e. The third kappa shape index (κ3) is 6.93. The van der Waals surface area contributed by atoms with Gasteiger partial charge in [-0.1, -0.05) is 38.8 Å². The van der Waals surface area contributed by atoms with Crippen LogP contribution >= 0.6 is 7.75 Å². The van der Waals surface area contributed by atoms with Crippen molar-refractivity contribution in [1.29, 1.82) is 5.26 Å². The summed E-state index contributed by atoms with van der Waals surface area (Å²) >= 11 is 0. The minimum atomic E-state index is -4.29. The highest BCUT2D eigenvalue weighted by molar-refractivity contribution is 7.52. The van der Waals surface area contributed by atoms with Gasteiger partial charge >= 0.3 is 13.7 Å². The number of nitrogen functional groups attached to an aromatic ring is 1. The molecule has 3 aromatic rings. The average Bonchev–Trinajstić information content (AvgIpc) is 3.75. The number of nitrogens with one attached hydrogen (secondary N) is 1. The predicted molar refractivity (Wildman–Crippen MR) is 178 cm³/mol. The molecular formula is C34H45N6O8P. The number of aromatic nitrogens is 3. The molecule has 3 N–H and O–H groups in total. The summed E-state index contributed by atoms with van der Waals surface area (Å²) in [5, 5.41) is 17.8. The van der Waals surface area contributed by atoms with Crippen LogP contribution in [0, 0.1) is 17.2 Å². The first-order valence-corrected chi connectivity index (χ1v) is 18.5. The number of esters is 1. The van der Waals surface area contributed by atoms with Crippen molar-refractivity contribution in [1.82, 2.24) is 19.7 Å². The molecule has 1 aliphatic carbocycles. The van der Waals surface area contributed by atoms with Gasteiger partial charge in [0.05, 0.1) is 18.9 Å². The fourth-order valence-electron chi connectivity index (χ4n) is 6.83. The number of ether oxygens (including phenoxy) is 4. The lowest BCUT2D eigenvalue weighted by atomic mass is 9.91. The van der Waals surface area contributed by atoms with E-state index < -0.39 is 49.5 Å². The van der Waals surface area contributed by atoms with E-state index in [4.69, 9.17) is 33.7 Å². The lowest BCUT2D eigenvalue weighted by Crippen LogP contribution is -2.40. The maximum Gasteiger partial charge on any atom is 0.459 e. The highest BCUT2D eigenvalue weighted by Gasteiger charge is 2.65. The van der Waals surface area contributed by atoms with E-state index in [1.165, 1.54) is 10.8 Å². The number of nitrogens with two attached hydrogens (primary N) is 1. The maximum atomic E-state index is 14.7. The van der Waals surface area contributed by atoms with Crippen molar-refractivity contribution in [3.8, 4) is 11.8 Å². The van der Waals surface area contributed by atoms with Gasteiger partial charge in [-0.05, 0) is 81.7 Å². The Morgan fingerprint density at radius 1 is 1.18 bits per heavy atom. The number of fused-ring (bicyclic) bond motifs is 3. The van der Waals surface area contributed by atoms with E-state index in [9.17, 15) is 14.6 Å². The number of aryl methyl sites for hydroxylation is 1. The zero-order valence-electron chi connectivity index (χ0n) is 28.6.